The fraction of sp³-hybridized carbons (Fsp3) is 0.0714. The van der Waals surface area contributed by atoms with Crippen molar-refractivity contribution >= 4 is 29.2 Å². The Morgan fingerprint density at radius 2 is 2.10 bits per heavy atom. The summed E-state index contributed by atoms with van der Waals surface area (Å²) in [6.45, 7) is 1.74. The number of nitro benzene ring substituents is 1. The summed E-state index contributed by atoms with van der Waals surface area (Å²) in [6.07, 6.45) is 1.20. The average molecular weight is 309 g/mol. The number of benzene rings is 2. The standard InChI is InChI=1S/C14H10ClFN2O3/c1-8-2-3-11(16)6-12(8)17-7-9-4-10(15)5-13(14(9)19)18(20)21/h2-7,19H,1H3. The minimum absolute atomic E-state index is 0.0814. The second kappa shape index (κ2) is 5.88. The highest BCUT2D eigenvalue weighted by atomic mass is 35.5. The van der Waals surface area contributed by atoms with Crippen molar-refractivity contribution in [3.05, 3.63) is 62.4 Å². The third-order valence-corrected chi connectivity index (χ3v) is 3.01. The van der Waals surface area contributed by atoms with Gasteiger partial charge in [-0.15, -0.1) is 0 Å². The van der Waals surface area contributed by atoms with Crippen LogP contribution in [-0.4, -0.2) is 16.2 Å². The Labute approximate surface area is 124 Å². The molecule has 0 radical (unpaired) electrons. The fourth-order valence-electron chi connectivity index (χ4n) is 1.70. The molecule has 0 heterocycles. The Hall–Kier alpha value is -2.47. The normalized spacial score (nSPS) is 11.0. The van der Waals surface area contributed by atoms with E-state index in [4.69, 9.17) is 11.6 Å². The Morgan fingerprint density at radius 1 is 1.38 bits per heavy atom. The molecule has 0 bridgehead atoms. The van der Waals surface area contributed by atoms with Gasteiger partial charge in [0.05, 0.1) is 10.6 Å². The lowest BCUT2D eigenvalue weighted by Crippen LogP contribution is -1.92. The third kappa shape index (κ3) is 3.35. The highest BCUT2D eigenvalue weighted by Gasteiger charge is 2.17. The Balaban J connectivity index is 2.46. The summed E-state index contributed by atoms with van der Waals surface area (Å²) in [4.78, 5) is 14.1. The summed E-state index contributed by atoms with van der Waals surface area (Å²) >= 11 is 5.77. The van der Waals surface area contributed by atoms with Crippen LogP contribution in [0, 0.1) is 22.9 Å². The minimum Gasteiger partial charge on any atom is -0.502 e. The van der Waals surface area contributed by atoms with E-state index in [0.29, 0.717) is 5.69 Å². The molecule has 0 atom stereocenters. The molecule has 1 N–H and O–H groups in total. The Kier molecular flexibility index (Phi) is 4.18. The van der Waals surface area contributed by atoms with E-state index < -0.39 is 22.2 Å². The maximum Gasteiger partial charge on any atom is 0.312 e. The second-order valence-electron chi connectivity index (χ2n) is 4.31. The first-order valence-electron chi connectivity index (χ1n) is 5.85. The van der Waals surface area contributed by atoms with E-state index in [2.05, 4.69) is 4.99 Å². The van der Waals surface area contributed by atoms with Crippen molar-refractivity contribution in [2.75, 3.05) is 0 Å². The molecule has 2 aromatic rings. The molecule has 0 fully saturated rings. The summed E-state index contributed by atoms with van der Waals surface area (Å²) in [5.74, 6) is -0.990. The van der Waals surface area contributed by atoms with Crippen LogP contribution in [0.25, 0.3) is 0 Å². The quantitative estimate of drug-likeness (QED) is 0.525. The molecule has 0 aliphatic rings. The van der Waals surface area contributed by atoms with Gasteiger partial charge in [0.15, 0.2) is 0 Å². The zero-order valence-corrected chi connectivity index (χ0v) is 11.6. The number of phenolic OH excluding ortho intramolecular Hbond substituents is 1. The smallest absolute Gasteiger partial charge is 0.312 e. The molecule has 2 aromatic carbocycles. The molecule has 0 saturated heterocycles. The van der Waals surface area contributed by atoms with E-state index in [9.17, 15) is 19.6 Å². The highest BCUT2D eigenvalue weighted by Crippen LogP contribution is 2.32. The Morgan fingerprint density at radius 3 is 2.76 bits per heavy atom. The molecule has 0 saturated carbocycles. The number of hydrogen-bond acceptors (Lipinski definition) is 4. The number of aromatic hydroxyl groups is 1. The number of phenols is 1. The van der Waals surface area contributed by atoms with Crippen LogP contribution in [0.4, 0.5) is 15.8 Å². The number of nitro groups is 1. The van der Waals surface area contributed by atoms with E-state index in [-0.39, 0.29) is 10.6 Å². The number of rotatable bonds is 3. The molecule has 21 heavy (non-hydrogen) atoms. The molecule has 5 nitrogen and oxygen atoms in total. The summed E-state index contributed by atoms with van der Waals surface area (Å²) in [5.41, 5.74) is 0.651. The number of nitrogens with zero attached hydrogens (tertiary/aromatic N) is 2. The summed E-state index contributed by atoms with van der Waals surface area (Å²) in [5, 5.41) is 20.7. The monoisotopic (exact) mass is 308 g/mol. The van der Waals surface area contributed by atoms with Gasteiger partial charge in [0.25, 0.3) is 0 Å². The first-order chi connectivity index (χ1) is 9.88. The number of aryl methyl sites for hydroxylation is 1. The predicted molar refractivity (Wildman–Crippen MR) is 78.2 cm³/mol. The second-order valence-corrected chi connectivity index (χ2v) is 4.75. The van der Waals surface area contributed by atoms with Crippen LogP contribution in [0.1, 0.15) is 11.1 Å². The fourth-order valence-corrected chi connectivity index (χ4v) is 1.92. The van der Waals surface area contributed by atoms with Crippen LogP contribution in [0.2, 0.25) is 5.02 Å². The largest absolute Gasteiger partial charge is 0.502 e. The van der Waals surface area contributed by atoms with Gasteiger partial charge >= 0.3 is 5.69 Å². The number of hydrogen-bond donors (Lipinski definition) is 1. The van der Waals surface area contributed by atoms with Crippen LogP contribution < -0.4 is 0 Å². The lowest BCUT2D eigenvalue weighted by Gasteiger charge is -2.03. The topological polar surface area (TPSA) is 75.7 Å². The lowest BCUT2D eigenvalue weighted by atomic mass is 10.1. The first kappa shape index (κ1) is 14.9. The maximum atomic E-state index is 13.2. The minimum atomic E-state index is -0.744. The van der Waals surface area contributed by atoms with Gasteiger partial charge in [-0.3, -0.25) is 15.1 Å². The summed E-state index contributed by atoms with van der Waals surface area (Å²) < 4.78 is 13.2. The van der Waals surface area contributed by atoms with Gasteiger partial charge in [-0.1, -0.05) is 17.7 Å². The van der Waals surface area contributed by atoms with Crippen molar-refractivity contribution in [2.45, 2.75) is 6.92 Å². The molecular formula is C14H10ClFN2O3. The molecule has 0 spiro atoms. The van der Waals surface area contributed by atoms with Crippen LogP contribution in [0.5, 0.6) is 5.75 Å². The lowest BCUT2D eigenvalue weighted by molar-refractivity contribution is -0.385. The summed E-state index contributed by atoms with van der Waals surface area (Å²) in [6, 6.07) is 6.46. The molecule has 0 amide bonds. The molecule has 2 rings (SSSR count). The van der Waals surface area contributed by atoms with Gasteiger partial charge in [-0.05, 0) is 30.7 Å². The molecule has 7 heteroatoms. The van der Waals surface area contributed by atoms with Crippen molar-refractivity contribution in [3.63, 3.8) is 0 Å². The first-order valence-corrected chi connectivity index (χ1v) is 6.23. The summed E-state index contributed by atoms with van der Waals surface area (Å²) in [7, 11) is 0. The molecule has 0 aromatic heterocycles. The molecule has 108 valence electrons. The van der Waals surface area contributed by atoms with Crippen molar-refractivity contribution in [3.8, 4) is 5.75 Å². The van der Waals surface area contributed by atoms with E-state index in [1.807, 2.05) is 0 Å². The van der Waals surface area contributed by atoms with Crippen molar-refractivity contribution in [2.24, 2.45) is 4.99 Å². The highest BCUT2D eigenvalue weighted by molar-refractivity contribution is 6.31. The molecule has 0 aliphatic heterocycles. The van der Waals surface area contributed by atoms with Gasteiger partial charge in [-0.25, -0.2) is 4.39 Å². The average Bonchev–Trinajstić information content (AvgIpc) is 2.42. The van der Waals surface area contributed by atoms with Gasteiger partial charge in [0.2, 0.25) is 5.75 Å². The van der Waals surface area contributed by atoms with E-state index in [1.165, 1.54) is 24.4 Å². The Bertz CT molecular complexity index is 747. The van der Waals surface area contributed by atoms with Crippen LogP contribution in [0.15, 0.2) is 35.3 Å². The van der Waals surface area contributed by atoms with Crippen LogP contribution >= 0.6 is 11.6 Å². The molecule has 0 aliphatic carbocycles. The molecular weight excluding hydrogens is 299 g/mol. The number of halogens is 2. The third-order valence-electron chi connectivity index (χ3n) is 2.79. The zero-order chi connectivity index (χ0) is 15.6. The van der Waals surface area contributed by atoms with Crippen molar-refractivity contribution in [1.29, 1.82) is 0 Å². The van der Waals surface area contributed by atoms with E-state index >= 15 is 0 Å². The van der Waals surface area contributed by atoms with Gasteiger partial charge < -0.3 is 5.11 Å². The van der Waals surface area contributed by atoms with Crippen LogP contribution in [0.3, 0.4) is 0 Å². The predicted octanol–water partition coefficient (Wildman–Crippen LogP) is 4.15. The molecule has 0 unspecified atom stereocenters. The van der Waals surface area contributed by atoms with Gasteiger partial charge in [0.1, 0.15) is 5.82 Å². The van der Waals surface area contributed by atoms with Crippen LogP contribution in [-0.2, 0) is 0 Å². The maximum absolute atomic E-state index is 13.2. The van der Waals surface area contributed by atoms with Gasteiger partial charge in [0, 0.05) is 22.9 Å². The SMILES string of the molecule is Cc1ccc(F)cc1N=Cc1cc(Cl)cc([N+](=O)[O-])c1O. The number of aliphatic imine (C=N–C) groups is 1. The van der Waals surface area contributed by atoms with Crippen molar-refractivity contribution in [1.82, 2.24) is 0 Å². The van der Waals surface area contributed by atoms with E-state index in [0.717, 1.165) is 11.6 Å². The van der Waals surface area contributed by atoms with E-state index in [1.54, 1.807) is 13.0 Å². The zero-order valence-electron chi connectivity index (χ0n) is 10.9. The van der Waals surface area contributed by atoms with Crippen molar-refractivity contribution < 1.29 is 14.4 Å². The van der Waals surface area contributed by atoms with Gasteiger partial charge in [-0.2, -0.15) is 0 Å².